The lowest BCUT2D eigenvalue weighted by Crippen LogP contribution is -2.25. The van der Waals surface area contributed by atoms with Gasteiger partial charge < -0.3 is 9.52 Å². The van der Waals surface area contributed by atoms with Crippen LogP contribution in [0.15, 0.2) is 59.5 Å². The van der Waals surface area contributed by atoms with Gasteiger partial charge in [0.25, 0.3) is 0 Å². The number of nitrogens with zero attached hydrogens (tertiary/aromatic N) is 3. The molecule has 96 valence electrons. The minimum atomic E-state index is -1.22. The van der Waals surface area contributed by atoms with E-state index in [4.69, 9.17) is 4.42 Å². The van der Waals surface area contributed by atoms with E-state index in [1.165, 1.54) is 12.5 Å². The maximum atomic E-state index is 10.7. The highest BCUT2D eigenvalue weighted by molar-refractivity contribution is 5.36. The van der Waals surface area contributed by atoms with Crippen LogP contribution in [0.5, 0.6) is 0 Å². The Morgan fingerprint density at radius 3 is 2.68 bits per heavy atom. The molecule has 1 aromatic carbocycles. The number of rotatable bonds is 3. The van der Waals surface area contributed by atoms with Crippen molar-refractivity contribution in [2.45, 2.75) is 12.5 Å². The Hall–Kier alpha value is -2.40. The Morgan fingerprint density at radius 2 is 2.00 bits per heavy atom. The van der Waals surface area contributed by atoms with Crippen molar-refractivity contribution in [1.82, 2.24) is 15.0 Å². The minimum absolute atomic E-state index is 0.583. The third-order valence-corrected chi connectivity index (χ3v) is 3.13. The van der Waals surface area contributed by atoms with E-state index < -0.39 is 5.60 Å². The highest BCUT2D eigenvalue weighted by atomic mass is 16.3. The first-order chi connectivity index (χ1) is 9.19. The first-order valence-corrected chi connectivity index (χ1v) is 5.91. The van der Waals surface area contributed by atoms with Crippen LogP contribution in [0.4, 0.5) is 0 Å². The summed E-state index contributed by atoms with van der Waals surface area (Å²) >= 11 is 0. The van der Waals surface area contributed by atoms with Crippen molar-refractivity contribution >= 4 is 0 Å². The highest BCUT2D eigenvalue weighted by Crippen LogP contribution is 2.29. The number of benzene rings is 1. The summed E-state index contributed by atoms with van der Waals surface area (Å²) in [6.07, 6.45) is 4.60. The highest BCUT2D eigenvalue weighted by Gasteiger charge is 2.31. The number of aliphatic hydroxyl groups is 1. The normalized spacial score (nSPS) is 14.2. The quantitative estimate of drug-likeness (QED) is 0.778. The molecule has 5 nitrogen and oxygen atoms in total. The van der Waals surface area contributed by atoms with Gasteiger partial charge in [0.15, 0.2) is 0 Å². The van der Waals surface area contributed by atoms with Gasteiger partial charge in [-0.2, -0.15) is 0 Å². The van der Waals surface area contributed by atoms with Crippen LogP contribution < -0.4 is 0 Å². The molecule has 0 saturated heterocycles. The summed E-state index contributed by atoms with van der Waals surface area (Å²) in [6, 6.07) is 11.3. The molecule has 19 heavy (non-hydrogen) atoms. The van der Waals surface area contributed by atoms with Crippen molar-refractivity contribution in [3.63, 3.8) is 0 Å². The standard InChI is InChI=1S/C14H13N3O2/c1-14(18,11-7-8-19-10-11)13-9-15-16-17(13)12-5-3-2-4-6-12/h2-10,18H,1H3. The van der Waals surface area contributed by atoms with Crippen LogP contribution in [0.1, 0.15) is 18.2 Å². The molecule has 0 fully saturated rings. The van der Waals surface area contributed by atoms with E-state index in [1.807, 2.05) is 30.3 Å². The van der Waals surface area contributed by atoms with Crippen molar-refractivity contribution < 1.29 is 9.52 Å². The number of aromatic nitrogens is 3. The lowest BCUT2D eigenvalue weighted by atomic mass is 9.95. The summed E-state index contributed by atoms with van der Waals surface area (Å²) < 4.78 is 6.65. The summed E-state index contributed by atoms with van der Waals surface area (Å²) in [4.78, 5) is 0. The first-order valence-electron chi connectivity index (χ1n) is 5.91. The molecule has 2 aromatic heterocycles. The molecule has 0 aliphatic rings. The minimum Gasteiger partial charge on any atom is -0.472 e. The zero-order chi connectivity index (χ0) is 13.3. The fraction of sp³-hybridized carbons (Fsp3) is 0.143. The molecule has 0 spiro atoms. The van der Waals surface area contributed by atoms with E-state index in [1.54, 1.807) is 23.9 Å². The second-order valence-corrected chi connectivity index (χ2v) is 4.45. The van der Waals surface area contributed by atoms with Gasteiger partial charge in [0, 0.05) is 5.56 Å². The van der Waals surface area contributed by atoms with E-state index in [-0.39, 0.29) is 0 Å². The smallest absolute Gasteiger partial charge is 0.133 e. The average molecular weight is 255 g/mol. The Balaban J connectivity index is 2.11. The predicted molar refractivity (Wildman–Crippen MR) is 68.7 cm³/mol. The van der Waals surface area contributed by atoms with Crippen molar-refractivity contribution in [2.75, 3.05) is 0 Å². The van der Waals surface area contributed by atoms with E-state index >= 15 is 0 Å². The molecule has 1 unspecified atom stereocenters. The summed E-state index contributed by atoms with van der Waals surface area (Å²) in [6.45, 7) is 1.69. The zero-order valence-corrected chi connectivity index (χ0v) is 10.4. The molecule has 0 aliphatic carbocycles. The Morgan fingerprint density at radius 1 is 1.21 bits per heavy atom. The van der Waals surface area contributed by atoms with Crippen LogP contribution in [0.2, 0.25) is 0 Å². The third kappa shape index (κ3) is 1.94. The summed E-state index contributed by atoms with van der Waals surface area (Å²) in [5.41, 5.74) is 0.873. The van der Waals surface area contributed by atoms with Gasteiger partial charge in [-0.3, -0.25) is 0 Å². The van der Waals surface area contributed by atoms with Gasteiger partial charge in [-0.1, -0.05) is 23.4 Å². The summed E-state index contributed by atoms with van der Waals surface area (Å²) in [7, 11) is 0. The number of hydrogen-bond donors (Lipinski definition) is 1. The van der Waals surface area contributed by atoms with Crippen LogP contribution in [-0.2, 0) is 5.60 Å². The van der Waals surface area contributed by atoms with Gasteiger partial charge in [0.2, 0.25) is 0 Å². The molecular weight excluding hydrogens is 242 g/mol. The molecule has 0 bridgehead atoms. The number of para-hydroxylation sites is 1. The number of furan rings is 1. The maximum Gasteiger partial charge on any atom is 0.133 e. The van der Waals surface area contributed by atoms with Gasteiger partial charge in [0.1, 0.15) is 11.3 Å². The summed E-state index contributed by atoms with van der Waals surface area (Å²) in [5, 5.41) is 18.7. The Labute approximate surface area is 110 Å². The molecular formula is C14H13N3O2. The maximum absolute atomic E-state index is 10.7. The molecule has 1 atom stereocenters. The van der Waals surface area contributed by atoms with Gasteiger partial charge in [0.05, 0.1) is 24.4 Å². The second-order valence-electron chi connectivity index (χ2n) is 4.45. The average Bonchev–Trinajstić information content (AvgIpc) is 3.11. The zero-order valence-electron chi connectivity index (χ0n) is 10.4. The van der Waals surface area contributed by atoms with Crippen LogP contribution in [0.3, 0.4) is 0 Å². The monoisotopic (exact) mass is 255 g/mol. The fourth-order valence-corrected chi connectivity index (χ4v) is 2.02. The molecule has 0 saturated carbocycles. The van der Waals surface area contributed by atoms with E-state index in [0.717, 1.165) is 5.69 Å². The van der Waals surface area contributed by atoms with Gasteiger partial charge in [-0.15, -0.1) is 5.10 Å². The van der Waals surface area contributed by atoms with Gasteiger partial charge >= 0.3 is 0 Å². The van der Waals surface area contributed by atoms with Crippen molar-refractivity contribution in [3.05, 3.63) is 66.4 Å². The molecule has 2 heterocycles. The molecule has 0 radical (unpaired) electrons. The molecule has 1 N–H and O–H groups in total. The molecule has 3 aromatic rings. The van der Waals surface area contributed by atoms with E-state index in [2.05, 4.69) is 10.3 Å². The van der Waals surface area contributed by atoms with Crippen LogP contribution in [-0.4, -0.2) is 20.1 Å². The van der Waals surface area contributed by atoms with Crippen molar-refractivity contribution in [2.24, 2.45) is 0 Å². The molecule has 5 heteroatoms. The Bertz CT molecular complexity index is 657. The van der Waals surface area contributed by atoms with Crippen molar-refractivity contribution in [1.29, 1.82) is 0 Å². The summed E-state index contributed by atoms with van der Waals surface area (Å²) in [5.74, 6) is 0. The van der Waals surface area contributed by atoms with Gasteiger partial charge in [-0.25, -0.2) is 4.68 Å². The third-order valence-electron chi connectivity index (χ3n) is 3.13. The molecule has 0 aliphatic heterocycles. The van der Waals surface area contributed by atoms with Crippen molar-refractivity contribution in [3.8, 4) is 5.69 Å². The van der Waals surface area contributed by atoms with Crippen LogP contribution in [0.25, 0.3) is 5.69 Å². The van der Waals surface area contributed by atoms with E-state index in [0.29, 0.717) is 11.3 Å². The van der Waals surface area contributed by atoms with Crippen LogP contribution >= 0.6 is 0 Å². The largest absolute Gasteiger partial charge is 0.472 e. The second kappa shape index (κ2) is 4.37. The Kier molecular flexibility index (Phi) is 2.68. The first kappa shape index (κ1) is 11.7. The predicted octanol–water partition coefficient (Wildman–Crippen LogP) is 2.12. The van der Waals surface area contributed by atoms with E-state index in [9.17, 15) is 5.11 Å². The fourth-order valence-electron chi connectivity index (χ4n) is 2.02. The molecule has 3 rings (SSSR count). The molecule has 0 amide bonds. The lowest BCUT2D eigenvalue weighted by molar-refractivity contribution is 0.0938. The van der Waals surface area contributed by atoms with Crippen LogP contribution in [0, 0.1) is 0 Å². The SMILES string of the molecule is CC(O)(c1ccoc1)c1cnnn1-c1ccccc1. The van der Waals surface area contributed by atoms with Gasteiger partial charge in [-0.05, 0) is 25.1 Å². The lowest BCUT2D eigenvalue weighted by Gasteiger charge is -2.22. The topological polar surface area (TPSA) is 64.1 Å². The number of hydrogen-bond acceptors (Lipinski definition) is 4.